The highest BCUT2D eigenvalue weighted by molar-refractivity contribution is 5.75. The molecule has 0 aliphatic rings. The van der Waals surface area contributed by atoms with Gasteiger partial charge in [-0.25, -0.2) is 24.4 Å². The van der Waals surface area contributed by atoms with Crippen molar-refractivity contribution in [1.29, 1.82) is 0 Å². The van der Waals surface area contributed by atoms with Gasteiger partial charge >= 0.3 is 11.4 Å². The second-order valence-electron chi connectivity index (χ2n) is 2.46. The van der Waals surface area contributed by atoms with Crippen LogP contribution in [0.4, 0.5) is 0 Å². The number of ketones is 1. The van der Waals surface area contributed by atoms with Crippen LogP contribution in [0.1, 0.15) is 13.3 Å². The summed E-state index contributed by atoms with van der Waals surface area (Å²) in [5.74, 6) is -0.0532. The largest absolute Gasteiger partial charge is 0.344 e. The summed E-state index contributed by atoms with van der Waals surface area (Å²) in [5, 5.41) is 4.24. The lowest BCUT2D eigenvalue weighted by atomic mass is 10.3. The number of aromatic nitrogens is 3. The van der Waals surface area contributed by atoms with Gasteiger partial charge in [0.2, 0.25) is 0 Å². The Labute approximate surface area is 67.2 Å². The van der Waals surface area contributed by atoms with Gasteiger partial charge in [-0.05, 0) is 6.92 Å². The summed E-state index contributed by atoms with van der Waals surface area (Å²) in [7, 11) is 0. The van der Waals surface area contributed by atoms with Gasteiger partial charge in [0.15, 0.2) is 0 Å². The molecule has 0 spiro atoms. The quantitative estimate of drug-likeness (QED) is 0.601. The highest BCUT2D eigenvalue weighted by Gasteiger charge is 2.02. The molecule has 0 saturated heterocycles. The Morgan fingerprint density at radius 3 is 2.25 bits per heavy atom. The predicted octanol–water partition coefficient (Wildman–Crippen LogP) is -1.16. The second-order valence-corrected chi connectivity index (χ2v) is 2.46. The van der Waals surface area contributed by atoms with Crippen molar-refractivity contribution < 1.29 is 4.79 Å². The van der Waals surface area contributed by atoms with E-state index in [2.05, 4.69) is 10.2 Å². The first-order chi connectivity index (χ1) is 5.61. The van der Waals surface area contributed by atoms with E-state index in [4.69, 9.17) is 0 Å². The van der Waals surface area contributed by atoms with Gasteiger partial charge in [0.25, 0.3) is 0 Å². The van der Waals surface area contributed by atoms with Crippen molar-refractivity contribution in [3.8, 4) is 0 Å². The Morgan fingerprint density at radius 2 is 1.83 bits per heavy atom. The minimum Gasteiger partial charge on any atom is -0.300 e. The summed E-state index contributed by atoms with van der Waals surface area (Å²) in [6.07, 6.45) is 0.195. The smallest absolute Gasteiger partial charge is 0.300 e. The van der Waals surface area contributed by atoms with Gasteiger partial charge in [-0.1, -0.05) is 0 Å². The number of H-pyrrole nitrogens is 2. The first-order valence-corrected chi connectivity index (χ1v) is 3.48. The molecule has 1 heterocycles. The monoisotopic (exact) mass is 171 g/mol. The lowest BCUT2D eigenvalue weighted by Gasteiger charge is -1.93. The van der Waals surface area contributed by atoms with E-state index in [1.54, 1.807) is 0 Å². The first-order valence-electron chi connectivity index (χ1n) is 3.48. The normalized spacial score (nSPS) is 10.1. The molecule has 0 unspecified atom stereocenters. The average molecular weight is 171 g/mol. The molecule has 1 aromatic rings. The molecule has 0 bridgehead atoms. The standard InChI is InChI=1S/C6H9N3O3/c1-4(10)2-3-9-5(11)7-8-6(9)12/h2-3H2,1H3,(H,7,11)(H,8,12). The highest BCUT2D eigenvalue weighted by atomic mass is 16.2. The summed E-state index contributed by atoms with van der Waals surface area (Å²) in [6, 6.07) is 0. The fourth-order valence-corrected chi connectivity index (χ4v) is 0.806. The van der Waals surface area contributed by atoms with E-state index in [1.165, 1.54) is 6.92 Å². The Bertz CT molecular complexity index is 356. The second kappa shape index (κ2) is 3.21. The first kappa shape index (κ1) is 8.51. The van der Waals surface area contributed by atoms with Crippen LogP contribution in [0.2, 0.25) is 0 Å². The molecule has 2 N–H and O–H groups in total. The van der Waals surface area contributed by atoms with Gasteiger partial charge in [-0.3, -0.25) is 4.79 Å². The number of Topliss-reactive ketones (excluding diaryl/α,β-unsaturated/α-hetero) is 1. The topological polar surface area (TPSA) is 87.7 Å². The van der Waals surface area contributed by atoms with Crippen LogP contribution >= 0.6 is 0 Å². The van der Waals surface area contributed by atoms with Crippen LogP contribution in [0, 0.1) is 0 Å². The molecule has 0 amide bonds. The molecule has 0 aromatic carbocycles. The predicted molar refractivity (Wildman–Crippen MR) is 41.0 cm³/mol. The lowest BCUT2D eigenvalue weighted by molar-refractivity contribution is -0.117. The molecule has 0 radical (unpaired) electrons. The van der Waals surface area contributed by atoms with Crippen LogP contribution < -0.4 is 11.4 Å². The summed E-state index contributed by atoms with van der Waals surface area (Å²) >= 11 is 0. The Kier molecular flexibility index (Phi) is 2.27. The van der Waals surface area contributed by atoms with Gasteiger partial charge in [0, 0.05) is 13.0 Å². The molecule has 6 heteroatoms. The van der Waals surface area contributed by atoms with E-state index < -0.39 is 11.4 Å². The maximum absolute atomic E-state index is 10.8. The molecule has 0 aliphatic carbocycles. The summed E-state index contributed by atoms with van der Waals surface area (Å²) < 4.78 is 0.946. The van der Waals surface area contributed by atoms with E-state index >= 15 is 0 Å². The Balaban J connectivity index is 2.82. The molecule has 0 fully saturated rings. The maximum atomic E-state index is 10.8. The van der Waals surface area contributed by atoms with E-state index in [0.29, 0.717) is 0 Å². The van der Waals surface area contributed by atoms with Crippen LogP contribution in [0.15, 0.2) is 9.59 Å². The van der Waals surface area contributed by atoms with Crippen molar-refractivity contribution in [3.63, 3.8) is 0 Å². The van der Waals surface area contributed by atoms with Crippen molar-refractivity contribution in [2.24, 2.45) is 0 Å². The zero-order valence-electron chi connectivity index (χ0n) is 6.59. The number of carbonyl (C=O) groups is 1. The number of hydrogen-bond acceptors (Lipinski definition) is 3. The number of hydrogen-bond donors (Lipinski definition) is 2. The molecule has 0 aliphatic heterocycles. The zero-order chi connectivity index (χ0) is 9.14. The molecule has 6 nitrogen and oxygen atoms in total. The third kappa shape index (κ3) is 1.71. The van der Waals surface area contributed by atoms with Crippen molar-refractivity contribution in [3.05, 3.63) is 21.0 Å². The lowest BCUT2D eigenvalue weighted by Crippen LogP contribution is -2.27. The SMILES string of the molecule is CC(=O)CCn1c(=O)[nH][nH]c1=O. The van der Waals surface area contributed by atoms with E-state index in [0.717, 1.165) is 4.57 Å². The van der Waals surface area contributed by atoms with Crippen molar-refractivity contribution in [2.75, 3.05) is 0 Å². The fourth-order valence-electron chi connectivity index (χ4n) is 0.806. The number of carbonyl (C=O) groups excluding carboxylic acids is 1. The van der Waals surface area contributed by atoms with E-state index in [-0.39, 0.29) is 18.7 Å². The molecule has 66 valence electrons. The molecule has 0 saturated carbocycles. The minimum absolute atomic E-state index is 0.0532. The molecular formula is C6H9N3O3. The van der Waals surface area contributed by atoms with Crippen molar-refractivity contribution >= 4 is 5.78 Å². The van der Waals surface area contributed by atoms with Crippen LogP contribution in [-0.2, 0) is 11.3 Å². The molecule has 0 atom stereocenters. The average Bonchev–Trinajstić information content (AvgIpc) is 2.28. The van der Waals surface area contributed by atoms with E-state index in [1.807, 2.05) is 0 Å². The molecular weight excluding hydrogens is 162 g/mol. The Morgan fingerprint density at radius 1 is 1.33 bits per heavy atom. The van der Waals surface area contributed by atoms with Crippen molar-refractivity contribution in [1.82, 2.24) is 14.8 Å². The maximum Gasteiger partial charge on any atom is 0.344 e. The van der Waals surface area contributed by atoms with Gasteiger partial charge in [0.05, 0.1) is 0 Å². The van der Waals surface area contributed by atoms with Crippen LogP contribution in [0.5, 0.6) is 0 Å². The fraction of sp³-hybridized carbons (Fsp3) is 0.500. The summed E-state index contributed by atoms with van der Waals surface area (Å²) in [4.78, 5) is 32.2. The van der Waals surface area contributed by atoms with Gasteiger partial charge in [-0.15, -0.1) is 0 Å². The third-order valence-electron chi connectivity index (χ3n) is 1.45. The molecule has 1 aromatic heterocycles. The zero-order valence-corrected chi connectivity index (χ0v) is 6.59. The molecule has 1 rings (SSSR count). The van der Waals surface area contributed by atoms with Gasteiger partial charge in [0.1, 0.15) is 5.78 Å². The van der Waals surface area contributed by atoms with E-state index in [9.17, 15) is 14.4 Å². The minimum atomic E-state index is -0.513. The number of aromatic amines is 2. The number of rotatable bonds is 3. The Hall–Kier alpha value is -1.59. The summed E-state index contributed by atoms with van der Waals surface area (Å²) in [5.41, 5.74) is -1.03. The van der Waals surface area contributed by atoms with Gasteiger partial charge < -0.3 is 0 Å². The highest BCUT2D eigenvalue weighted by Crippen LogP contribution is 1.82. The van der Waals surface area contributed by atoms with Crippen molar-refractivity contribution in [2.45, 2.75) is 19.9 Å². The van der Waals surface area contributed by atoms with Gasteiger partial charge in [-0.2, -0.15) is 0 Å². The third-order valence-corrected chi connectivity index (χ3v) is 1.45. The number of nitrogens with one attached hydrogen (secondary N) is 2. The van der Waals surface area contributed by atoms with Crippen LogP contribution in [0.25, 0.3) is 0 Å². The van der Waals surface area contributed by atoms with Crippen LogP contribution in [-0.4, -0.2) is 20.5 Å². The molecule has 12 heavy (non-hydrogen) atoms. The number of nitrogens with zero attached hydrogens (tertiary/aromatic N) is 1. The summed E-state index contributed by atoms with van der Waals surface area (Å²) in [6.45, 7) is 1.54. The van der Waals surface area contributed by atoms with Crippen LogP contribution in [0.3, 0.4) is 0 Å².